The molecule has 2 N–H and O–H groups in total. The van der Waals surface area contributed by atoms with Gasteiger partial charge in [-0.3, -0.25) is 4.68 Å². The topological polar surface area (TPSA) is 43.8 Å². The van der Waals surface area contributed by atoms with Crippen LogP contribution in [0.4, 0.5) is 5.69 Å². The Balaban J connectivity index is 2.52. The molecule has 0 unspecified atom stereocenters. The van der Waals surface area contributed by atoms with Crippen molar-refractivity contribution in [3.63, 3.8) is 0 Å². The third-order valence-electron chi connectivity index (χ3n) is 2.48. The first-order valence-electron chi connectivity index (χ1n) is 5.29. The van der Waals surface area contributed by atoms with E-state index in [1.165, 1.54) is 0 Å². The standard InChI is InChI=1S/C12H13Cl2N3/c1-7(2)17-6-11(15)12(16-17)9-4-3-8(13)5-10(9)14/h3-7H,15H2,1-2H3. The summed E-state index contributed by atoms with van der Waals surface area (Å²) in [5.74, 6) is 0. The molecule has 0 saturated heterocycles. The van der Waals surface area contributed by atoms with E-state index in [-0.39, 0.29) is 6.04 Å². The van der Waals surface area contributed by atoms with Crippen LogP contribution in [0, 0.1) is 0 Å². The number of hydrogen-bond donors (Lipinski definition) is 1. The number of halogens is 2. The Hall–Kier alpha value is -1.19. The molecule has 1 heterocycles. The number of nitrogens with two attached hydrogens (primary N) is 1. The van der Waals surface area contributed by atoms with E-state index < -0.39 is 0 Å². The summed E-state index contributed by atoms with van der Waals surface area (Å²) in [6.45, 7) is 4.08. The second-order valence-electron chi connectivity index (χ2n) is 4.13. The monoisotopic (exact) mass is 269 g/mol. The molecule has 17 heavy (non-hydrogen) atoms. The molecule has 0 amide bonds. The normalized spacial score (nSPS) is 11.1. The van der Waals surface area contributed by atoms with Gasteiger partial charge in [0.15, 0.2) is 0 Å². The lowest BCUT2D eigenvalue weighted by Gasteiger charge is -2.04. The maximum absolute atomic E-state index is 6.14. The van der Waals surface area contributed by atoms with Gasteiger partial charge in [0.2, 0.25) is 0 Å². The molecule has 5 heteroatoms. The SMILES string of the molecule is CC(C)n1cc(N)c(-c2ccc(Cl)cc2Cl)n1. The molecule has 0 saturated carbocycles. The number of nitrogens with zero attached hydrogens (tertiary/aromatic N) is 2. The third-order valence-corrected chi connectivity index (χ3v) is 3.02. The van der Waals surface area contributed by atoms with Gasteiger partial charge in [0.1, 0.15) is 5.69 Å². The molecule has 2 aromatic rings. The van der Waals surface area contributed by atoms with E-state index in [0.717, 1.165) is 5.56 Å². The molecule has 0 spiro atoms. The quantitative estimate of drug-likeness (QED) is 0.895. The highest BCUT2D eigenvalue weighted by Crippen LogP contribution is 2.33. The van der Waals surface area contributed by atoms with Crippen molar-refractivity contribution >= 4 is 28.9 Å². The fourth-order valence-electron chi connectivity index (χ4n) is 1.56. The summed E-state index contributed by atoms with van der Waals surface area (Å²) >= 11 is 12.0. The highest BCUT2D eigenvalue weighted by molar-refractivity contribution is 6.36. The van der Waals surface area contributed by atoms with E-state index in [1.807, 2.05) is 30.8 Å². The zero-order valence-corrected chi connectivity index (χ0v) is 11.1. The number of nitrogen functional groups attached to an aromatic ring is 1. The van der Waals surface area contributed by atoms with E-state index in [9.17, 15) is 0 Å². The van der Waals surface area contributed by atoms with Crippen LogP contribution in [-0.4, -0.2) is 9.78 Å². The van der Waals surface area contributed by atoms with Gasteiger partial charge in [-0.05, 0) is 32.0 Å². The minimum absolute atomic E-state index is 0.261. The van der Waals surface area contributed by atoms with Gasteiger partial charge in [0.25, 0.3) is 0 Å². The summed E-state index contributed by atoms with van der Waals surface area (Å²) in [4.78, 5) is 0. The first-order valence-corrected chi connectivity index (χ1v) is 6.04. The Bertz CT molecular complexity index is 547. The van der Waals surface area contributed by atoms with E-state index in [0.29, 0.717) is 21.4 Å². The predicted molar refractivity (Wildman–Crippen MR) is 72.5 cm³/mol. The van der Waals surface area contributed by atoms with E-state index in [1.54, 1.807) is 12.1 Å². The van der Waals surface area contributed by atoms with Crippen LogP contribution in [0.1, 0.15) is 19.9 Å². The van der Waals surface area contributed by atoms with Gasteiger partial charge in [0, 0.05) is 22.8 Å². The summed E-state index contributed by atoms with van der Waals surface area (Å²) in [6.07, 6.45) is 1.81. The molecule has 90 valence electrons. The average Bonchev–Trinajstić information content (AvgIpc) is 2.61. The molecule has 0 fully saturated rings. The molecule has 2 rings (SSSR count). The molecular weight excluding hydrogens is 257 g/mol. The van der Waals surface area contributed by atoms with E-state index >= 15 is 0 Å². The van der Waals surface area contributed by atoms with Crippen molar-refractivity contribution in [3.05, 3.63) is 34.4 Å². The van der Waals surface area contributed by atoms with Crippen molar-refractivity contribution in [1.82, 2.24) is 9.78 Å². The van der Waals surface area contributed by atoms with Crippen molar-refractivity contribution in [1.29, 1.82) is 0 Å². The van der Waals surface area contributed by atoms with Crippen LogP contribution in [0.25, 0.3) is 11.3 Å². The lowest BCUT2D eigenvalue weighted by molar-refractivity contribution is 0.534. The summed E-state index contributed by atoms with van der Waals surface area (Å²) in [5, 5.41) is 5.59. The number of rotatable bonds is 2. The van der Waals surface area contributed by atoms with Crippen molar-refractivity contribution in [3.8, 4) is 11.3 Å². The van der Waals surface area contributed by atoms with Crippen molar-refractivity contribution < 1.29 is 0 Å². The third kappa shape index (κ3) is 2.40. The summed E-state index contributed by atoms with van der Waals surface area (Å²) < 4.78 is 1.82. The van der Waals surface area contributed by atoms with Crippen LogP contribution in [0.5, 0.6) is 0 Å². The summed E-state index contributed by atoms with van der Waals surface area (Å²) in [5.41, 5.74) is 8.05. The molecule has 0 bridgehead atoms. The fraction of sp³-hybridized carbons (Fsp3) is 0.250. The van der Waals surface area contributed by atoms with Crippen molar-refractivity contribution in [2.75, 3.05) is 5.73 Å². The minimum Gasteiger partial charge on any atom is -0.396 e. The fourth-order valence-corrected chi connectivity index (χ4v) is 2.06. The number of anilines is 1. The maximum atomic E-state index is 6.14. The van der Waals surface area contributed by atoms with Gasteiger partial charge >= 0.3 is 0 Å². The summed E-state index contributed by atoms with van der Waals surface area (Å²) in [7, 11) is 0. The lowest BCUT2D eigenvalue weighted by atomic mass is 10.1. The van der Waals surface area contributed by atoms with E-state index in [2.05, 4.69) is 5.10 Å². The Morgan fingerprint density at radius 2 is 2.00 bits per heavy atom. The van der Waals surface area contributed by atoms with Gasteiger partial charge < -0.3 is 5.73 Å². The average molecular weight is 270 g/mol. The maximum Gasteiger partial charge on any atom is 0.117 e. The Morgan fingerprint density at radius 1 is 1.29 bits per heavy atom. The Morgan fingerprint density at radius 3 is 2.53 bits per heavy atom. The number of benzene rings is 1. The van der Waals surface area contributed by atoms with Crippen LogP contribution in [0.15, 0.2) is 24.4 Å². The van der Waals surface area contributed by atoms with E-state index in [4.69, 9.17) is 28.9 Å². The van der Waals surface area contributed by atoms with Crippen molar-refractivity contribution in [2.45, 2.75) is 19.9 Å². The zero-order valence-electron chi connectivity index (χ0n) is 9.61. The van der Waals surface area contributed by atoms with Crippen LogP contribution in [0.3, 0.4) is 0 Å². The smallest absolute Gasteiger partial charge is 0.117 e. The second-order valence-corrected chi connectivity index (χ2v) is 4.97. The molecule has 1 aromatic heterocycles. The van der Waals surface area contributed by atoms with Gasteiger partial charge in [-0.25, -0.2) is 0 Å². The highest BCUT2D eigenvalue weighted by atomic mass is 35.5. The first kappa shape index (κ1) is 12.3. The van der Waals surface area contributed by atoms with Crippen LogP contribution in [0.2, 0.25) is 10.0 Å². The van der Waals surface area contributed by atoms with Crippen LogP contribution in [-0.2, 0) is 0 Å². The lowest BCUT2D eigenvalue weighted by Crippen LogP contribution is -2.00. The predicted octanol–water partition coefficient (Wildman–Crippen LogP) is 4.02. The van der Waals surface area contributed by atoms with Gasteiger partial charge in [-0.2, -0.15) is 5.10 Å². The minimum atomic E-state index is 0.261. The Labute approximate surface area is 110 Å². The molecule has 0 aliphatic carbocycles. The largest absolute Gasteiger partial charge is 0.396 e. The van der Waals surface area contributed by atoms with Gasteiger partial charge in [-0.15, -0.1) is 0 Å². The molecule has 0 atom stereocenters. The van der Waals surface area contributed by atoms with Crippen LogP contribution < -0.4 is 5.73 Å². The molecule has 3 nitrogen and oxygen atoms in total. The molecule has 0 radical (unpaired) electrons. The molecule has 0 aliphatic rings. The van der Waals surface area contributed by atoms with Gasteiger partial charge in [-0.1, -0.05) is 23.2 Å². The molecule has 0 aliphatic heterocycles. The van der Waals surface area contributed by atoms with Crippen molar-refractivity contribution in [2.24, 2.45) is 0 Å². The highest BCUT2D eigenvalue weighted by Gasteiger charge is 2.13. The first-order chi connectivity index (χ1) is 7.99. The summed E-state index contributed by atoms with van der Waals surface area (Å²) in [6, 6.07) is 5.55. The molecule has 1 aromatic carbocycles. The van der Waals surface area contributed by atoms with Crippen LogP contribution >= 0.6 is 23.2 Å². The molecular formula is C12H13Cl2N3. The Kier molecular flexibility index (Phi) is 3.31. The second kappa shape index (κ2) is 4.59. The van der Waals surface area contributed by atoms with Gasteiger partial charge in [0.05, 0.1) is 10.7 Å². The number of hydrogen-bond acceptors (Lipinski definition) is 2. The number of aromatic nitrogens is 2. The zero-order chi connectivity index (χ0) is 12.6.